The Balaban J connectivity index is 0. The quantitative estimate of drug-likeness (QED) is 0.548. The summed E-state index contributed by atoms with van der Waals surface area (Å²) in [5.74, 6) is 0. The van der Waals surface area contributed by atoms with Gasteiger partial charge in [0, 0.05) is 7.05 Å². The second-order valence-corrected chi connectivity index (χ2v) is 1.37. The van der Waals surface area contributed by atoms with Crippen LogP contribution in [-0.4, -0.2) is 27.2 Å². The fourth-order valence-electron chi connectivity index (χ4n) is 0.250. The Morgan fingerprint density at radius 1 is 1.22 bits per heavy atom. The molecule has 0 aromatic carbocycles. The lowest BCUT2D eigenvalue weighted by atomic mass is 10.7. The van der Waals surface area contributed by atoms with E-state index in [1.54, 1.807) is 14.2 Å². The number of hydroxylamine groups is 1. The first-order valence-electron chi connectivity index (χ1n) is 3.23. The second kappa shape index (κ2) is 15.7. The Morgan fingerprint density at radius 2 is 1.56 bits per heavy atom. The molecule has 0 bridgehead atoms. The van der Waals surface area contributed by atoms with E-state index < -0.39 is 0 Å². The summed E-state index contributed by atoms with van der Waals surface area (Å²) in [6, 6.07) is 0. The fourth-order valence-corrected chi connectivity index (χ4v) is 0.250. The zero-order valence-electron chi connectivity index (χ0n) is 6.82. The minimum absolute atomic E-state index is 1.09. The molecule has 0 aromatic heterocycles. The van der Waals surface area contributed by atoms with E-state index in [1.807, 2.05) is 0 Å². The highest BCUT2D eigenvalue weighted by molar-refractivity contribution is 4.27. The first kappa shape index (κ1) is 11.6. The van der Waals surface area contributed by atoms with Gasteiger partial charge in [0.15, 0.2) is 0 Å². The van der Waals surface area contributed by atoms with Crippen LogP contribution in [0.4, 0.5) is 0 Å². The summed E-state index contributed by atoms with van der Waals surface area (Å²) in [6.45, 7) is 6.39. The van der Waals surface area contributed by atoms with Crippen LogP contribution >= 0.6 is 0 Å². The average Bonchev–Trinajstić information content (AvgIpc) is 1.91. The van der Waals surface area contributed by atoms with Crippen LogP contribution in [0.2, 0.25) is 0 Å². The molecule has 9 heavy (non-hydrogen) atoms. The van der Waals surface area contributed by atoms with Gasteiger partial charge in [-0.3, -0.25) is 0 Å². The molecule has 0 aliphatic heterocycles. The SMILES string of the molecule is CCNCC.CNOC. The van der Waals surface area contributed by atoms with Crippen LogP contribution in [0.1, 0.15) is 13.8 Å². The van der Waals surface area contributed by atoms with Crippen LogP contribution in [0.15, 0.2) is 0 Å². The molecule has 58 valence electrons. The number of hydrogen-bond donors (Lipinski definition) is 2. The van der Waals surface area contributed by atoms with Gasteiger partial charge in [0.05, 0.1) is 7.11 Å². The van der Waals surface area contributed by atoms with Gasteiger partial charge in [-0.15, -0.1) is 0 Å². The Kier molecular flexibility index (Phi) is 20.3. The van der Waals surface area contributed by atoms with Crippen molar-refractivity contribution < 1.29 is 4.84 Å². The van der Waals surface area contributed by atoms with Crippen LogP contribution in [0.25, 0.3) is 0 Å². The second-order valence-electron chi connectivity index (χ2n) is 1.37. The first-order valence-corrected chi connectivity index (χ1v) is 3.23. The third kappa shape index (κ3) is 32.8. The molecule has 0 aliphatic rings. The van der Waals surface area contributed by atoms with Crippen molar-refractivity contribution in [2.45, 2.75) is 13.8 Å². The van der Waals surface area contributed by atoms with Gasteiger partial charge in [-0.05, 0) is 13.1 Å². The van der Waals surface area contributed by atoms with Crippen LogP contribution < -0.4 is 10.8 Å². The summed E-state index contributed by atoms with van der Waals surface area (Å²) in [6.07, 6.45) is 0. The van der Waals surface area contributed by atoms with E-state index in [0.29, 0.717) is 0 Å². The van der Waals surface area contributed by atoms with Gasteiger partial charge in [0.25, 0.3) is 0 Å². The van der Waals surface area contributed by atoms with Gasteiger partial charge < -0.3 is 10.2 Å². The monoisotopic (exact) mass is 134 g/mol. The van der Waals surface area contributed by atoms with Gasteiger partial charge in [0.1, 0.15) is 0 Å². The molecule has 0 saturated heterocycles. The Morgan fingerprint density at radius 3 is 1.56 bits per heavy atom. The summed E-state index contributed by atoms with van der Waals surface area (Å²) >= 11 is 0. The van der Waals surface area contributed by atoms with Crippen molar-refractivity contribution in [1.29, 1.82) is 0 Å². The third-order valence-electron chi connectivity index (χ3n) is 0.704. The molecular weight excluding hydrogens is 116 g/mol. The smallest absolute Gasteiger partial charge is 0.0572 e. The van der Waals surface area contributed by atoms with Crippen molar-refractivity contribution >= 4 is 0 Å². The largest absolute Gasteiger partial charge is 0.317 e. The van der Waals surface area contributed by atoms with Gasteiger partial charge >= 0.3 is 0 Å². The van der Waals surface area contributed by atoms with E-state index in [0.717, 1.165) is 13.1 Å². The topological polar surface area (TPSA) is 33.3 Å². The standard InChI is InChI=1S/C4H11N.C2H7NO/c1-3-5-4-2;1-3-4-2/h5H,3-4H2,1-2H3;3H,1-2H3. The van der Waals surface area contributed by atoms with Crippen molar-refractivity contribution in [1.82, 2.24) is 10.8 Å². The molecule has 0 spiro atoms. The number of rotatable bonds is 3. The van der Waals surface area contributed by atoms with E-state index in [2.05, 4.69) is 29.5 Å². The summed E-state index contributed by atoms with van der Waals surface area (Å²) in [5.41, 5.74) is 2.43. The normalized spacial score (nSPS) is 8.00. The highest BCUT2D eigenvalue weighted by atomic mass is 16.6. The fraction of sp³-hybridized carbons (Fsp3) is 1.00. The lowest BCUT2D eigenvalue weighted by Crippen LogP contribution is -2.09. The molecule has 0 radical (unpaired) electrons. The van der Waals surface area contributed by atoms with E-state index in [1.165, 1.54) is 0 Å². The molecule has 2 N–H and O–H groups in total. The summed E-state index contributed by atoms with van der Waals surface area (Å²) in [7, 11) is 3.28. The molecule has 0 atom stereocenters. The molecule has 0 unspecified atom stereocenters. The molecule has 0 fully saturated rings. The van der Waals surface area contributed by atoms with Crippen molar-refractivity contribution in [2.24, 2.45) is 0 Å². The molecule has 0 heterocycles. The summed E-state index contributed by atoms with van der Waals surface area (Å²) in [5, 5.41) is 3.11. The Hall–Kier alpha value is -0.120. The maximum atomic E-state index is 4.29. The Bertz CT molecular complexity index is 30.2. The van der Waals surface area contributed by atoms with Crippen molar-refractivity contribution in [3.8, 4) is 0 Å². The van der Waals surface area contributed by atoms with Gasteiger partial charge in [-0.25, -0.2) is 5.48 Å². The molecular formula is C6H18N2O. The minimum atomic E-state index is 1.09. The van der Waals surface area contributed by atoms with Crippen LogP contribution in [0, 0.1) is 0 Å². The summed E-state index contributed by atoms with van der Waals surface area (Å²) in [4.78, 5) is 4.29. The Labute approximate surface area is 57.7 Å². The minimum Gasteiger partial charge on any atom is -0.317 e. The van der Waals surface area contributed by atoms with Crippen molar-refractivity contribution in [3.63, 3.8) is 0 Å². The lowest BCUT2D eigenvalue weighted by Gasteiger charge is -1.86. The van der Waals surface area contributed by atoms with Crippen LogP contribution in [0.5, 0.6) is 0 Å². The van der Waals surface area contributed by atoms with Gasteiger partial charge in [-0.1, -0.05) is 13.8 Å². The molecule has 0 saturated carbocycles. The maximum absolute atomic E-state index is 4.29. The molecule has 0 aromatic rings. The molecule has 0 rings (SSSR count). The van der Waals surface area contributed by atoms with E-state index in [-0.39, 0.29) is 0 Å². The van der Waals surface area contributed by atoms with Crippen molar-refractivity contribution in [2.75, 3.05) is 27.2 Å². The zero-order valence-corrected chi connectivity index (χ0v) is 6.82. The molecule has 3 heteroatoms. The van der Waals surface area contributed by atoms with Gasteiger partial charge in [0.2, 0.25) is 0 Å². The maximum Gasteiger partial charge on any atom is 0.0572 e. The zero-order chi connectivity index (χ0) is 7.54. The van der Waals surface area contributed by atoms with E-state index in [4.69, 9.17) is 0 Å². The predicted octanol–water partition coefficient (Wildman–Crippen LogP) is 0.383. The predicted molar refractivity (Wildman–Crippen MR) is 40.3 cm³/mol. The molecule has 0 amide bonds. The van der Waals surface area contributed by atoms with Crippen LogP contribution in [-0.2, 0) is 4.84 Å². The van der Waals surface area contributed by atoms with E-state index in [9.17, 15) is 0 Å². The average molecular weight is 134 g/mol. The lowest BCUT2D eigenvalue weighted by molar-refractivity contribution is 0.112. The molecule has 0 aliphatic carbocycles. The number of hydrogen-bond acceptors (Lipinski definition) is 3. The van der Waals surface area contributed by atoms with Crippen LogP contribution in [0.3, 0.4) is 0 Å². The summed E-state index contributed by atoms with van der Waals surface area (Å²) < 4.78 is 0. The highest BCUT2D eigenvalue weighted by Gasteiger charge is 1.62. The van der Waals surface area contributed by atoms with Crippen molar-refractivity contribution in [3.05, 3.63) is 0 Å². The van der Waals surface area contributed by atoms with E-state index >= 15 is 0 Å². The first-order chi connectivity index (χ1) is 4.33. The third-order valence-corrected chi connectivity index (χ3v) is 0.704. The molecule has 3 nitrogen and oxygen atoms in total. The van der Waals surface area contributed by atoms with Gasteiger partial charge in [-0.2, -0.15) is 0 Å². The highest BCUT2D eigenvalue weighted by Crippen LogP contribution is 1.47. The number of nitrogens with one attached hydrogen (secondary N) is 2.